The number of nitrogens with zero attached hydrogens (tertiary/aromatic N) is 3. The number of hydrogen-bond acceptors (Lipinski definition) is 5. The van der Waals surface area contributed by atoms with E-state index in [1.54, 1.807) is 6.21 Å². The molecule has 0 aliphatic heterocycles. The minimum absolute atomic E-state index is 0.439. The third-order valence-electron chi connectivity index (χ3n) is 3.51. The Morgan fingerprint density at radius 3 is 2.62 bits per heavy atom. The fraction of sp³-hybridized carbons (Fsp3) is 0.300. The minimum atomic E-state index is 0.439. The lowest BCUT2D eigenvalue weighted by Crippen LogP contribution is -2.15. The third kappa shape index (κ3) is 7.72. The smallest absolute Gasteiger partial charge is 0.180 e. The molecule has 0 saturated heterocycles. The molecule has 138 valence electrons. The predicted molar refractivity (Wildman–Crippen MR) is 112 cm³/mol. The van der Waals surface area contributed by atoms with Crippen molar-refractivity contribution in [3.63, 3.8) is 0 Å². The first-order valence-corrected chi connectivity index (χ1v) is 9.53. The number of thioether (sulfide) groups is 1. The summed E-state index contributed by atoms with van der Waals surface area (Å²) in [6.07, 6.45) is 2.65. The number of hydrogen-bond donors (Lipinski definition) is 1. The van der Waals surface area contributed by atoms with Gasteiger partial charge in [-0.1, -0.05) is 54.2 Å². The molecule has 26 heavy (non-hydrogen) atoms. The Morgan fingerprint density at radius 2 is 1.85 bits per heavy atom. The summed E-state index contributed by atoms with van der Waals surface area (Å²) in [5.74, 6) is 1.58. The molecule has 0 atom stereocenters. The van der Waals surface area contributed by atoms with E-state index in [9.17, 15) is 0 Å². The summed E-state index contributed by atoms with van der Waals surface area (Å²) in [6, 6.07) is 17.9. The Balaban J connectivity index is 1.86. The van der Waals surface area contributed by atoms with Crippen LogP contribution in [0.3, 0.4) is 0 Å². The summed E-state index contributed by atoms with van der Waals surface area (Å²) in [5.41, 5.74) is 8.01. The zero-order valence-electron chi connectivity index (χ0n) is 15.3. The maximum atomic E-state index is 5.91. The van der Waals surface area contributed by atoms with Gasteiger partial charge in [0.25, 0.3) is 0 Å². The van der Waals surface area contributed by atoms with Gasteiger partial charge in [-0.3, -0.25) is 0 Å². The van der Waals surface area contributed by atoms with Gasteiger partial charge in [-0.05, 0) is 38.2 Å². The van der Waals surface area contributed by atoms with Crippen molar-refractivity contribution in [1.29, 1.82) is 0 Å². The van der Waals surface area contributed by atoms with Crippen LogP contribution in [0.2, 0.25) is 0 Å². The zero-order valence-corrected chi connectivity index (χ0v) is 16.2. The molecule has 2 aromatic rings. The predicted octanol–water partition coefficient (Wildman–Crippen LogP) is 3.60. The van der Waals surface area contributed by atoms with Gasteiger partial charge >= 0.3 is 0 Å². The Hall–Kier alpha value is -2.31. The van der Waals surface area contributed by atoms with Crippen molar-refractivity contribution in [1.82, 2.24) is 4.90 Å². The highest BCUT2D eigenvalue weighted by atomic mass is 32.2. The number of benzene rings is 2. The van der Waals surface area contributed by atoms with Gasteiger partial charge in [-0.15, -0.1) is 5.10 Å². The van der Waals surface area contributed by atoms with E-state index in [2.05, 4.69) is 41.3 Å². The van der Waals surface area contributed by atoms with Crippen LogP contribution in [-0.4, -0.2) is 43.5 Å². The van der Waals surface area contributed by atoms with Crippen LogP contribution in [-0.2, 0) is 5.75 Å². The first-order valence-electron chi connectivity index (χ1n) is 8.55. The van der Waals surface area contributed by atoms with Gasteiger partial charge in [0.2, 0.25) is 0 Å². The molecule has 0 bridgehead atoms. The van der Waals surface area contributed by atoms with Crippen LogP contribution in [0, 0.1) is 0 Å². The summed E-state index contributed by atoms with van der Waals surface area (Å²) in [7, 11) is 4.11. The van der Waals surface area contributed by atoms with Crippen molar-refractivity contribution in [3.05, 3.63) is 65.7 Å². The van der Waals surface area contributed by atoms with Gasteiger partial charge in [-0.2, -0.15) is 5.10 Å². The van der Waals surface area contributed by atoms with Crippen LogP contribution in [0.25, 0.3) is 0 Å². The van der Waals surface area contributed by atoms with Crippen LogP contribution < -0.4 is 10.5 Å². The van der Waals surface area contributed by atoms with Crippen molar-refractivity contribution < 1.29 is 4.74 Å². The molecule has 0 aliphatic rings. The lowest BCUT2D eigenvalue weighted by molar-refractivity contribution is 0.281. The van der Waals surface area contributed by atoms with E-state index in [4.69, 9.17) is 10.5 Å². The lowest BCUT2D eigenvalue weighted by atomic mass is 10.2. The van der Waals surface area contributed by atoms with Gasteiger partial charge in [0, 0.05) is 17.9 Å². The summed E-state index contributed by atoms with van der Waals surface area (Å²) >= 11 is 1.47. The van der Waals surface area contributed by atoms with Crippen LogP contribution in [0.1, 0.15) is 17.5 Å². The lowest BCUT2D eigenvalue weighted by Gasteiger charge is -2.11. The van der Waals surface area contributed by atoms with E-state index in [0.717, 1.165) is 30.0 Å². The highest BCUT2D eigenvalue weighted by Crippen LogP contribution is 2.16. The molecule has 0 heterocycles. The fourth-order valence-corrected chi connectivity index (χ4v) is 2.80. The van der Waals surface area contributed by atoms with Crippen molar-refractivity contribution >= 4 is 23.1 Å². The first kappa shape index (κ1) is 20.0. The van der Waals surface area contributed by atoms with E-state index < -0.39 is 0 Å². The van der Waals surface area contributed by atoms with Crippen LogP contribution in [0.5, 0.6) is 5.75 Å². The third-order valence-corrected chi connectivity index (χ3v) is 4.36. The minimum Gasteiger partial charge on any atom is -0.493 e. The molecule has 2 N–H and O–H groups in total. The molecule has 0 aliphatic carbocycles. The maximum Gasteiger partial charge on any atom is 0.180 e. The summed E-state index contributed by atoms with van der Waals surface area (Å²) < 4.78 is 5.85. The van der Waals surface area contributed by atoms with Crippen molar-refractivity contribution in [2.75, 3.05) is 27.2 Å². The van der Waals surface area contributed by atoms with Gasteiger partial charge in [0.05, 0.1) is 12.8 Å². The molecule has 0 saturated carbocycles. The van der Waals surface area contributed by atoms with E-state index in [1.165, 1.54) is 17.3 Å². The summed E-state index contributed by atoms with van der Waals surface area (Å²) in [4.78, 5) is 2.14. The van der Waals surface area contributed by atoms with Crippen molar-refractivity contribution in [2.45, 2.75) is 12.2 Å². The Kier molecular flexibility index (Phi) is 8.72. The highest BCUT2D eigenvalue weighted by Gasteiger charge is 2.01. The summed E-state index contributed by atoms with van der Waals surface area (Å²) in [5, 5.41) is 8.60. The Bertz CT molecular complexity index is 717. The van der Waals surface area contributed by atoms with Gasteiger partial charge in [-0.25, -0.2) is 0 Å². The quantitative estimate of drug-likeness (QED) is 0.317. The average Bonchev–Trinajstić information content (AvgIpc) is 2.65. The molecule has 0 fully saturated rings. The average molecular weight is 371 g/mol. The van der Waals surface area contributed by atoms with Crippen LogP contribution >= 0.6 is 11.8 Å². The molecule has 6 heteroatoms. The van der Waals surface area contributed by atoms with E-state index in [1.807, 2.05) is 42.5 Å². The Morgan fingerprint density at radius 1 is 1.12 bits per heavy atom. The number of rotatable bonds is 9. The topological polar surface area (TPSA) is 63.2 Å². The van der Waals surface area contributed by atoms with E-state index >= 15 is 0 Å². The molecule has 2 rings (SSSR count). The summed E-state index contributed by atoms with van der Waals surface area (Å²) in [6.45, 7) is 1.66. The van der Waals surface area contributed by atoms with E-state index in [0.29, 0.717) is 11.8 Å². The SMILES string of the molecule is CN(C)CCCOc1ccccc1C=NN=C(N)SCc1ccccc1. The first-order chi connectivity index (χ1) is 12.6. The largest absolute Gasteiger partial charge is 0.493 e. The Labute approximate surface area is 160 Å². The van der Waals surface area contributed by atoms with Crippen LogP contribution in [0.4, 0.5) is 0 Å². The second-order valence-electron chi connectivity index (χ2n) is 6.00. The number of para-hydroxylation sites is 1. The second kappa shape index (κ2) is 11.3. The zero-order chi connectivity index (χ0) is 18.6. The maximum absolute atomic E-state index is 5.91. The molecule has 5 nitrogen and oxygen atoms in total. The molecule has 0 amide bonds. The molecule has 0 aromatic heterocycles. The fourth-order valence-electron chi connectivity index (χ4n) is 2.19. The standard InChI is InChI=1S/C20H26N4OS/c1-24(2)13-8-14-25-19-12-7-6-11-18(19)15-22-23-20(21)26-16-17-9-4-3-5-10-17/h3-7,9-12,15H,8,13-14,16H2,1-2H3,(H2,21,23). The van der Waals surface area contributed by atoms with E-state index in [-0.39, 0.29) is 0 Å². The van der Waals surface area contributed by atoms with Crippen molar-refractivity contribution in [3.8, 4) is 5.75 Å². The van der Waals surface area contributed by atoms with Crippen LogP contribution in [0.15, 0.2) is 64.8 Å². The molecule has 0 spiro atoms. The molecule has 0 unspecified atom stereocenters. The normalized spacial score (nSPS) is 12.0. The molecule has 2 aromatic carbocycles. The molecular weight excluding hydrogens is 344 g/mol. The van der Waals surface area contributed by atoms with Gasteiger partial charge in [0.15, 0.2) is 5.17 Å². The number of amidine groups is 1. The number of ether oxygens (including phenoxy) is 1. The van der Waals surface area contributed by atoms with Gasteiger partial charge < -0.3 is 15.4 Å². The monoisotopic (exact) mass is 370 g/mol. The number of nitrogens with two attached hydrogens (primary N) is 1. The second-order valence-corrected chi connectivity index (χ2v) is 7.00. The van der Waals surface area contributed by atoms with Gasteiger partial charge in [0.1, 0.15) is 5.75 Å². The van der Waals surface area contributed by atoms with Crippen molar-refractivity contribution in [2.24, 2.45) is 15.9 Å². The molecular formula is C20H26N4OS. The molecule has 0 radical (unpaired) electrons. The highest BCUT2D eigenvalue weighted by molar-refractivity contribution is 8.13.